The van der Waals surface area contributed by atoms with Gasteiger partial charge in [0.1, 0.15) is 11.0 Å². The molecule has 2 saturated heterocycles. The highest BCUT2D eigenvalue weighted by Crippen LogP contribution is 2.68. The van der Waals surface area contributed by atoms with E-state index in [0.29, 0.717) is 51.1 Å². The number of Topliss-reactive ketones (excluding diaryl/α,β-unsaturated/α-hetero) is 1. The van der Waals surface area contributed by atoms with Crippen molar-refractivity contribution in [2.75, 3.05) is 17.2 Å². The van der Waals surface area contributed by atoms with Crippen LogP contribution in [0.15, 0.2) is 66.7 Å². The number of ketones is 1. The molecule has 2 fully saturated rings. The molecule has 2 N–H and O–H groups in total. The normalized spacial score (nSPS) is 29.8. The number of hydrogen-bond acceptors (Lipinski definition) is 4. The van der Waals surface area contributed by atoms with Crippen LogP contribution in [0.2, 0.25) is 10.0 Å². The van der Waals surface area contributed by atoms with Gasteiger partial charge in [0.25, 0.3) is 5.91 Å². The lowest BCUT2D eigenvalue weighted by molar-refractivity contribution is -0.137. The van der Waals surface area contributed by atoms with Crippen LogP contribution < -0.4 is 10.6 Å². The van der Waals surface area contributed by atoms with E-state index < -0.39 is 16.9 Å². The van der Waals surface area contributed by atoms with Crippen LogP contribution in [0.25, 0.3) is 0 Å². The van der Waals surface area contributed by atoms with E-state index >= 15 is 0 Å². The number of carbonyl (C=O) groups is 3. The molecular weight excluding hydrogens is 497 g/mol. The van der Waals surface area contributed by atoms with E-state index in [-0.39, 0.29) is 23.6 Å². The lowest BCUT2D eigenvalue weighted by atomic mass is 9.57. The van der Waals surface area contributed by atoms with Crippen LogP contribution in [-0.2, 0) is 20.5 Å². The van der Waals surface area contributed by atoms with Crippen LogP contribution in [0, 0.1) is 5.92 Å². The fourth-order valence-electron chi connectivity index (χ4n) is 7.38. The number of amides is 2. The molecule has 4 heterocycles. The van der Waals surface area contributed by atoms with Crippen molar-refractivity contribution < 1.29 is 14.4 Å². The molecule has 0 aromatic heterocycles. The highest BCUT2D eigenvalue weighted by atomic mass is 35.5. The van der Waals surface area contributed by atoms with Crippen LogP contribution in [0.4, 0.5) is 11.4 Å². The molecule has 2 spiro atoms. The first kappa shape index (κ1) is 22.0. The zero-order valence-electron chi connectivity index (χ0n) is 19.1. The van der Waals surface area contributed by atoms with Crippen molar-refractivity contribution >= 4 is 52.2 Å². The number of rotatable bonds is 2. The van der Waals surface area contributed by atoms with Gasteiger partial charge in [0.2, 0.25) is 5.91 Å². The fraction of sp³-hybridized carbons (Fsp3) is 0.250. The molecule has 0 unspecified atom stereocenters. The average molecular weight is 518 g/mol. The molecule has 3 aromatic carbocycles. The number of hydrogen-bond donors (Lipinski definition) is 2. The molecule has 0 bridgehead atoms. The lowest BCUT2D eigenvalue weighted by Crippen LogP contribution is -2.62. The molecule has 7 rings (SSSR count). The Morgan fingerprint density at radius 2 is 1.61 bits per heavy atom. The van der Waals surface area contributed by atoms with E-state index in [4.69, 9.17) is 23.2 Å². The summed E-state index contributed by atoms with van der Waals surface area (Å²) in [6.45, 7) is 0.577. The predicted molar refractivity (Wildman–Crippen MR) is 138 cm³/mol. The van der Waals surface area contributed by atoms with Crippen LogP contribution in [-0.4, -0.2) is 35.1 Å². The van der Waals surface area contributed by atoms with Crippen molar-refractivity contribution in [2.45, 2.75) is 29.8 Å². The molecule has 0 radical (unpaired) electrons. The Morgan fingerprint density at radius 3 is 2.44 bits per heavy atom. The number of para-hydroxylation sites is 1. The SMILES string of the molecule is O=C(c1ccccc1Cl)[C@H]1[C@H]2CCCN2[C@]2(C(=O)Nc3ccc(Cl)cc32)[C@]12C(=O)Nc1ccccc12. The van der Waals surface area contributed by atoms with Gasteiger partial charge in [0, 0.05) is 33.6 Å². The number of halogens is 2. The molecule has 4 aliphatic rings. The third-order valence-electron chi connectivity index (χ3n) is 8.48. The van der Waals surface area contributed by atoms with Crippen LogP contribution >= 0.6 is 23.2 Å². The molecule has 6 nitrogen and oxygen atoms in total. The summed E-state index contributed by atoms with van der Waals surface area (Å²) in [5.74, 6) is -1.73. The maximum absolute atomic E-state index is 14.5. The Kier molecular flexibility index (Phi) is 4.54. The van der Waals surface area contributed by atoms with Gasteiger partial charge >= 0.3 is 0 Å². The third-order valence-corrected chi connectivity index (χ3v) is 9.04. The summed E-state index contributed by atoms with van der Waals surface area (Å²) < 4.78 is 0. The van der Waals surface area contributed by atoms with Gasteiger partial charge in [0.05, 0.1) is 10.9 Å². The molecule has 3 aromatic rings. The molecule has 0 aliphatic carbocycles. The average Bonchev–Trinajstić information content (AvgIpc) is 3.58. The maximum Gasteiger partial charge on any atom is 0.251 e. The van der Waals surface area contributed by atoms with Gasteiger partial charge in [0.15, 0.2) is 5.78 Å². The summed E-state index contributed by atoms with van der Waals surface area (Å²) in [6, 6.07) is 19.2. The van der Waals surface area contributed by atoms with Crippen LogP contribution in [0.5, 0.6) is 0 Å². The van der Waals surface area contributed by atoms with Crippen molar-refractivity contribution in [3.8, 4) is 0 Å². The van der Waals surface area contributed by atoms with Gasteiger partial charge in [-0.1, -0.05) is 53.5 Å². The molecule has 4 atom stereocenters. The number of carbonyl (C=O) groups excluding carboxylic acids is 3. The Labute approximate surface area is 217 Å². The van der Waals surface area contributed by atoms with Crippen LogP contribution in [0.1, 0.15) is 34.3 Å². The minimum Gasteiger partial charge on any atom is -0.325 e. The summed E-state index contributed by atoms with van der Waals surface area (Å²) in [7, 11) is 0. The largest absolute Gasteiger partial charge is 0.325 e. The summed E-state index contributed by atoms with van der Waals surface area (Å²) in [4.78, 5) is 45.3. The molecule has 36 heavy (non-hydrogen) atoms. The van der Waals surface area contributed by atoms with Gasteiger partial charge in [-0.15, -0.1) is 0 Å². The number of anilines is 2. The van der Waals surface area contributed by atoms with E-state index in [9.17, 15) is 14.4 Å². The number of fused-ring (bicyclic) bond motifs is 7. The third kappa shape index (κ3) is 2.40. The van der Waals surface area contributed by atoms with E-state index in [2.05, 4.69) is 15.5 Å². The summed E-state index contributed by atoms with van der Waals surface area (Å²) in [5.41, 5.74) is -0.0847. The van der Waals surface area contributed by atoms with Crippen molar-refractivity contribution in [2.24, 2.45) is 5.92 Å². The summed E-state index contributed by atoms with van der Waals surface area (Å²) >= 11 is 13.0. The second-order valence-electron chi connectivity index (χ2n) is 9.89. The number of nitrogens with one attached hydrogen (secondary N) is 2. The molecule has 8 heteroatoms. The topological polar surface area (TPSA) is 78.5 Å². The first-order valence-electron chi connectivity index (χ1n) is 12.0. The smallest absolute Gasteiger partial charge is 0.251 e. The molecular formula is C28H21Cl2N3O3. The fourth-order valence-corrected chi connectivity index (χ4v) is 7.78. The zero-order chi connectivity index (χ0) is 24.8. The lowest BCUT2D eigenvalue weighted by Gasteiger charge is -2.43. The molecule has 2 amide bonds. The first-order valence-corrected chi connectivity index (χ1v) is 12.8. The van der Waals surface area contributed by atoms with Gasteiger partial charge in [-0.2, -0.15) is 0 Å². The Morgan fingerprint density at radius 1 is 0.889 bits per heavy atom. The highest BCUT2D eigenvalue weighted by Gasteiger charge is 2.81. The Hall–Kier alpha value is -3.19. The minimum atomic E-state index is -1.51. The van der Waals surface area contributed by atoms with Crippen molar-refractivity contribution in [3.63, 3.8) is 0 Å². The van der Waals surface area contributed by atoms with Crippen molar-refractivity contribution in [1.82, 2.24) is 4.90 Å². The van der Waals surface area contributed by atoms with Crippen LogP contribution in [0.3, 0.4) is 0 Å². The Balaban J connectivity index is 1.61. The van der Waals surface area contributed by atoms with Gasteiger partial charge < -0.3 is 10.6 Å². The van der Waals surface area contributed by atoms with E-state index in [1.54, 1.807) is 42.5 Å². The van der Waals surface area contributed by atoms with Crippen molar-refractivity contribution in [1.29, 1.82) is 0 Å². The van der Waals surface area contributed by atoms with Gasteiger partial charge in [-0.05, 0) is 61.3 Å². The highest BCUT2D eigenvalue weighted by molar-refractivity contribution is 6.34. The second-order valence-corrected chi connectivity index (χ2v) is 10.7. The standard InChI is InChI=1S/C28H21Cl2N3O3/c29-15-11-12-21-18(14-15)28(26(36)32-21)27(17-7-2-4-9-20(17)31-25(27)35)23(22-10-5-13-33(22)28)24(34)16-6-1-3-8-19(16)30/h1-4,6-9,11-12,14,22-23H,5,10,13H2,(H,31,35)(H,32,36)/t22-,23-,27+,28-/m1/s1. The maximum atomic E-state index is 14.5. The van der Waals surface area contributed by atoms with Crippen molar-refractivity contribution in [3.05, 3.63) is 93.5 Å². The molecule has 180 valence electrons. The number of benzene rings is 3. The summed E-state index contributed by atoms with van der Waals surface area (Å²) in [5, 5.41) is 6.84. The first-order chi connectivity index (χ1) is 17.4. The molecule has 4 aliphatic heterocycles. The monoisotopic (exact) mass is 517 g/mol. The molecule has 0 saturated carbocycles. The minimum absolute atomic E-state index is 0.232. The van der Waals surface area contributed by atoms with Gasteiger partial charge in [-0.3, -0.25) is 19.3 Å². The summed E-state index contributed by atoms with van der Waals surface area (Å²) in [6.07, 6.45) is 1.49. The predicted octanol–water partition coefficient (Wildman–Crippen LogP) is 5.01. The zero-order valence-corrected chi connectivity index (χ0v) is 20.6. The van der Waals surface area contributed by atoms with E-state index in [1.807, 2.05) is 24.3 Å². The quantitative estimate of drug-likeness (QED) is 0.468. The van der Waals surface area contributed by atoms with E-state index in [1.165, 1.54) is 0 Å². The number of nitrogens with zero attached hydrogens (tertiary/aromatic N) is 1. The van der Waals surface area contributed by atoms with Gasteiger partial charge in [-0.25, -0.2) is 0 Å². The second kappa shape index (κ2) is 7.42. The van der Waals surface area contributed by atoms with E-state index in [0.717, 1.165) is 6.42 Å². The Bertz CT molecular complexity index is 1510.